The summed E-state index contributed by atoms with van der Waals surface area (Å²) in [5, 5.41) is 3.68. The first kappa shape index (κ1) is 14.4. The van der Waals surface area contributed by atoms with E-state index in [-0.39, 0.29) is 11.9 Å². The third-order valence-corrected chi connectivity index (χ3v) is 4.93. The molecule has 1 amide bonds. The highest BCUT2D eigenvalue weighted by atomic mass is 32.2. The molecule has 4 heteroatoms. The largest absolute Gasteiger partial charge is 0.351 e. The highest BCUT2D eigenvalue weighted by Gasteiger charge is 2.29. The van der Waals surface area contributed by atoms with Gasteiger partial charge in [0.15, 0.2) is 0 Å². The lowest BCUT2D eigenvalue weighted by Crippen LogP contribution is -2.43. The summed E-state index contributed by atoms with van der Waals surface area (Å²) in [6.07, 6.45) is 3.47. The maximum Gasteiger partial charge on any atom is 0.241 e. The lowest BCUT2D eigenvalue weighted by molar-refractivity contribution is -0.123. The number of carbonyl (C=O) groups excluding carboxylic acids is 1. The Labute approximate surface area is 119 Å². The summed E-state index contributed by atoms with van der Waals surface area (Å²) in [5.74, 6) is 1.04. The Balaban J connectivity index is 1.93. The van der Waals surface area contributed by atoms with Gasteiger partial charge in [0.2, 0.25) is 5.91 Å². The fourth-order valence-electron chi connectivity index (χ4n) is 2.59. The van der Waals surface area contributed by atoms with Crippen molar-refractivity contribution in [3.8, 4) is 0 Å². The Morgan fingerprint density at radius 1 is 1.42 bits per heavy atom. The third kappa shape index (κ3) is 3.74. The molecular weight excluding hydrogens is 256 g/mol. The van der Waals surface area contributed by atoms with Crippen LogP contribution in [0.25, 0.3) is 0 Å². The van der Waals surface area contributed by atoms with Gasteiger partial charge < -0.3 is 11.1 Å². The van der Waals surface area contributed by atoms with Crippen LogP contribution in [-0.4, -0.2) is 23.0 Å². The summed E-state index contributed by atoms with van der Waals surface area (Å²) in [7, 11) is 0. The van der Waals surface area contributed by atoms with Crippen LogP contribution in [0.15, 0.2) is 30.3 Å². The Hall–Kier alpha value is -1.00. The maximum absolute atomic E-state index is 12.2. The van der Waals surface area contributed by atoms with Crippen LogP contribution >= 0.6 is 11.8 Å². The standard InChI is InChI=1S/C15H22N2OS/c1-2-19-13-10-6-9-12(13)17-15(18)14(16)11-7-4-3-5-8-11/h3-5,7-8,12-14H,2,6,9-10,16H2,1H3,(H,17,18). The molecule has 19 heavy (non-hydrogen) atoms. The SMILES string of the molecule is CCSC1CCCC1NC(=O)C(N)c1ccccc1. The summed E-state index contributed by atoms with van der Waals surface area (Å²) in [6.45, 7) is 2.16. The fourth-order valence-corrected chi connectivity index (χ4v) is 3.79. The second kappa shape index (κ2) is 6.96. The van der Waals surface area contributed by atoms with E-state index in [9.17, 15) is 4.79 Å². The van der Waals surface area contributed by atoms with Crippen LogP contribution in [-0.2, 0) is 4.79 Å². The molecule has 0 aliphatic heterocycles. The van der Waals surface area contributed by atoms with Gasteiger partial charge in [-0.1, -0.05) is 43.7 Å². The van der Waals surface area contributed by atoms with Gasteiger partial charge in [0.1, 0.15) is 6.04 Å². The summed E-state index contributed by atoms with van der Waals surface area (Å²) in [6, 6.07) is 9.27. The molecule has 0 aromatic heterocycles. The molecule has 1 aromatic rings. The van der Waals surface area contributed by atoms with E-state index in [1.54, 1.807) is 0 Å². The zero-order valence-electron chi connectivity index (χ0n) is 11.3. The topological polar surface area (TPSA) is 55.1 Å². The molecule has 104 valence electrons. The maximum atomic E-state index is 12.2. The Morgan fingerprint density at radius 3 is 2.84 bits per heavy atom. The number of hydrogen-bond donors (Lipinski definition) is 2. The molecule has 0 heterocycles. The van der Waals surface area contributed by atoms with Crippen molar-refractivity contribution in [2.75, 3.05) is 5.75 Å². The first-order valence-corrected chi connectivity index (χ1v) is 7.99. The van der Waals surface area contributed by atoms with Gasteiger partial charge in [-0.3, -0.25) is 4.79 Å². The molecule has 1 aliphatic rings. The fraction of sp³-hybridized carbons (Fsp3) is 0.533. The predicted molar refractivity (Wildman–Crippen MR) is 81.1 cm³/mol. The molecule has 0 bridgehead atoms. The normalized spacial score (nSPS) is 24.1. The molecule has 1 aliphatic carbocycles. The van der Waals surface area contributed by atoms with Gasteiger partial charge in [-0.2, -0.15) is 11.8 Å². The minimum absolute atomic E-state index is 0.0557. The van der Waals surface area contributed by atoms with E-state index in [0.717, 1.165) is 17.7 Å². The van der Waals surface area contributed by atoms with Crippen LogP contribution < -0.4 is 11.1 Å². The van der Waals surface area contributed by atoms with Gasteiger partial charge in [-0.15, -0.1) is 0 Å². The molecule has 3 nitrogen and oxygen atoms in total. The predicted octanol–water partition coefficient (Wildman–Crippen LogP) is 2.48. The number of thioether (sulfide) groups is 1. The Kier molecular flexibility index (Phi) is 5.28. The molecule has 3 atom stereocenters. The highest BCUT2D eigenvalue weighted by molar-refractivity contribution is 7.99. The monoisotopic (exact) mass is 278 g/mol. The molecule has 0 radical (unpaired) electrons. The average Bonchev–Trinajstić information content (AvgIpc) is 2.86. The van der Waals surface area contributed by atoms with E-state index >= 15 is 0 Å². The molecule has 1 fully saturated rings. The van der Waals surface area contributed by atoms with Crippen molar-refractivity contribution >= 4 is 17.7 Å². The number of nitrogens with two attached hydrogens (primary N) is 1. The van der Waals surface area contributed by atoms with Gasteiger partial charge in [0.05, 0.1) is 0 Å². The molecule has 1 saturated carbocycles. The zero-order chi connectivity index (χ0) is 13.7. The number of amides is 1. The second-order valence-electron chi connectivity index (χ2n) is 4.93. The van der Waals surface area contributed by atoms with E-state index in [4.69, 9.17) is 5.73 Å². The van der Waals surface area contributed by atoms with Gasteiger partial charge >= 0.3 is 0 Å². The number of rotatable bonds is 5. The number of benzene rings is 1. The van der Waals surface area contributed by atoms with Crippen LogP contribution in [0.4, 0.5) is 0 Å². The lowest BCUT2D eigenvalue weighted by atomic mass is 10.1. The summed E-state index contributed by atoms with van der Waals surface area (Å²) in [4.78, 5) is 12.2. The molecule has 3 unspecified atom stereocenters. The van der Waals surface area contributed by atoms with Crippen LogP contribution in [0.1, 0.15) is 37.8 Å². The quantitative estimate of drug-likeness (QED) is 0.870. The van der Waals surface area contributed by atoms with Crippen molar-refractivity contribution in [1.29, 1.82) is 0 Å². The summed E-state index contributed by atoms with van der Waals surface area (Å²) in [5.41, 5.74) is 6.89. The van der Waals surface area contributed by atoms with Crippen LogP contribution in [0.5, 0.6) is 0 Å². The zero-order valence-corrected chi connectivity index (χ0v) is 12.2. The smallest absolute Gasteiger partial charge is 0.241 e. The van der Waals surface area contributed by atoms with E-state index in [1.165, 1.54) is 12.8 Å². The van der Waals surface area contributed by atoms with Gasteiger partial charge in [0, 0.05) is 11.3 Å². The van der Waals surface area contributed by atoms with Crippen molar-refractivity contribution in [1.82, 2.24) is 5.32 Å². The second-order valence-corrected chi connectivity index (χ2v) is 6.44. The van der Waals surface area contributed by atoms with Gasteiger partial charge in [-0.25, -0.2) is 0 Å². The van der Waals surface area contributed by atoms with Gasteiger partial charge in [-0.05, 0) is 24.2 Å². The minimum Gasteiger partial charge on any atom is -0.351 e. The molecule has 0 spiro atoms. The number of carbonyl (C=O) groups is 1. The Bertz CT molecular complexity index is 410. The third-order valence-electron chi connectivity index (χ3n) is 3.60. The first-order chi connectivity index (χ1) is 9.22. The van der Waals surface area contributed by atoms with E-state index in [0.29, 0.717) is 5.25 Å². The first-order valence-electron chi connectivity index (χ1n) is 6.95. The molecular formula is C15H22N2OS. The molecule has 0 saturated heterocycles. The van der Waals surface area contributed by atoms with Crippen molar-refractivity contribution in [3.63, 3.8) is 0 Å². The van der Waals surface area contributed by atoms with Gasteiger partial charge in [0.25, 0.3) is 0 Å². The summed E-state index contributed by atoms with van der Waals surface area (Å²) >= 11 is 1.94. The van der Waals surface area contributed by atoms with Crippen LogP contribution in [0.2, 0.25) is 0 Å². The summed E-state index contributed by atoms with van der Waals surface area (Å²) < 4.78 is 0. The molecule has 1 aromatic carbocycles. The van der Waals surface area contributed by atoms with Crippen LogP contribution in [0.3, 0.4) is 0 Å². The number of nitrogens with one attached hydrogen (secondary N) is 1. The van der Waals surface area contributed by atoms with Crippen molar-refractivity contribution in [2.45, 2.75) is 43.5 Å². The van der Waals surface area contributed by atoms with E-state index < -0.39 is 6.04 Å². The highest BCUT2D eigenvalue weighted by Crippen LogP contribution is 2.30. The van der Waals surface area contributed by atoms with Crippen molar-refractivity contribution in [3.05, 3.63) is 35.9 Å². The van der Waals surface area contributed by atoms with Crippen molar-refractivity contribution in [2.24, 2.45) is 5.73 Å². The average molecular weight is 278 g/mol. The van der Waals surface area contributed by atoms with E-state index in [1.807, 2.05) is 42.1 Å². The number of hydrogen-bond acceptors (Lipinski definition) is 3. The minimum atomic E-state index is -0.561. The van der Waals surface area contributed by atoms with Crippen molar-refractivity contribution < 1.29 is 4.79 Å². The van der Waals surface area contributed by atoms with Crippen LogP contribution in [0, 0.1) is 0 Å². The Morgan fingerprint density at radius 2 is 2.16 bits per heavy atom. The lowest BCUT2D eigenvalue weighted by Gasteiger charge is -2.22. The molecule has 3 N–H and O–H groups in total. The van der Waals surface area contributed by atoms with E-state index in [2.05, 4.69) is 12.2 Å². The molecule has 2 rings (SSSR count).